The molecule has 0 aromatic heterocycles. The number of fused-ring (bicyclic) bond motifs is 2. The molecule has 0 spiro atoms. The highest BCUT2D eigenvalue weighted by atomic mass is 15.3. The van der Waals surface area contributed by atoms with E-state index in [1.165, 1.54) is 32.1 Å². The van der Waals surface area contributed by atoms with Crippen LogP contribution in [0.15, 0.2) is 0 Å². The van der Waals surface area contributed by atoms with Crippen molar-refractivity contribution in [3.05, 3.63) is 0 Å². The van der Waals surface area contributed by atoms with E-state index in [1.807, 2.05) is 0 Å². The van der Waals surface area contributed by atoms with Gasteiger partial charge in [-0.25, -0.2) is 0 Å². The summed E-state index contributed by atoms with van der Waals surface area (Å²) in [5.41, 5.74) is 0.767. The van der Waals surface area contributed by atoms with E-state index in [1.54, 1.807) is 0 Å². The lowest BCUT2D eigenvalue weighted by molar-refractivity contribution is -0.00166. The molecule has 2 bridgehead atoms. The summed E-state index contributed by atoms with van der Waals surface area (Å²) in [7, 11) is 0. The molecule has 2 fully saturated rings. The van der Waals surface area contributed by atoms with Crippen molar-refractivity contribution in [3.63, 3.8) is 0 Å². The third-order valence-electron chi connectivity index (χ3n) is 4.89. The summed E-state index contributed by atoms with van der Waals surface area (Å²) in [6.45, 7) is 15.4. The van der Waals surface area contributed by atoms with E-state index in [4.69, 9.17) is 0 Å². The Labute approximate surface area is 120 Å². The normalized spacial score (nSPS) is 32.8. The first-order valence-corrected chi connectivity index (χ1v) is 8.25. The Balaban J connectivity index is 2.06. The highest BCUT2D eigenvalue weighted by Crippen LogP contribution is 2.44. The van der Waals surface area contributed by atoms with Crippen molar-refractivity contribution >= 4 is 0 Å². The Morgan fingerprint density at radius 3 is 1.95 bits per heavy atom. The van der Waals surface area contributed by atoms with Crippen LogP contribution in [0, 0.1) is 5.41 Å². The van der Waals surface area contributed by atoms with E-state index in [0.29, 0.717) is 11.0 Å². The molecule has 2 nitrogen and oxygen atoms in total. The fourth-order valence-corrected chi connectivity index (χ4v) is 5.01. The maximum Gasteiger partial charge on any atom is 0.0164 e. The molecule has 0 aromatic carbocycles. The summed E-state index contributed by atoms with van der Waals surface area (Å²) >= 11 is 0. The average Bonchev–Trinajstić information content (AvgIpc) is 2.49. The van der Waals surface area contributed by atoms with Gasteiger partial charge < -0.3 is 5.32 Å². The molecule has 2 rings (SSSR count). The van der Waals surface area contributed by atoms with Crippen LogP contribution in [0.1, 0.15) is 73.6 Å². The van der Waals surface area contributed by atoms with Crippen LogP contribution < -0.4 is 5.32 Å². The van der Waals surface area contributed by atoms with Gasteiger partial charge >= 0.3 is 0 Å². The first-order valence-electron chi connectivity index (χ1n) is 8.25. The smallest absolute Gasteiger partial charge is 0.0164 e. The lowest BCUT2D eigenvalue weighted by atomic mass is 9.78. The zero-order chi connectivity index (χ0) is 14.3. The highest BCUT2D eigenvalue weighted by molar-refractivity contribution is 5.03. The van der Waals surface area contributed by atoms with E-state index in [0.717, 1.165) is 24.7 Å². The quantitative estimate of drug-likeness (QED) is 0.832. The maximum atomic E-state index is 3.68. The fourth-order valence-electron chi connectivity index (χ4n) is 5.01. The molecule has 0 aliphatic carbocycles. The van der Waals surface area contributed by atoms with E-state index in [-0.39, 0.29) is 0 Å². The third kappa shape index (κ3) is 3.52. The summed E-state index contributed by atoms with van der Waals surface area (Å²) < 4.78 is 0. The van der Waals surface area contributed by atoms with Crippen LogP contribution in [-0.2, 0) is 0 Å². The average molecular weight is 266 g/mol. The van der Waals surface area contributed by atoms with Gasteiger partial charge in [0.1, 0.15) is 0 Å². The minimum absolute atomic E-state index is 0.348. The monoisotopic (exact) mass is 266 g/mol. The van der Waals surface area contributed by atoms with Crippen LogP contribution in [0.5, 0.6) is 0 Å². The molecule has 0 saturated carbocycles. The Morgan fingerprint density at radius 2 is 1.53 bits per heavy atom. The van der Waals surface area contributed by atoms with E-state index in [9.17, 15) is 0 Å². The number of hydrogen-bond donors (Lipinski definition) is 1. The van der Waals surface area contributed by atoms with Crippen LogP contribution >= 0.6 is 0 Å². The van der Waals surface area contributed by atoms with Gasteiger partial charge in [0.15, 0.2) is 0 Å². The fraction of sp³-hybridized carbons (Fsp3) is 1.00. The Kier molecular flexibility index (Phi) is 4.32. The van der Waals surface area contributed by atoms with Gasteiger partial charge in [-0.15, -0.1) is 0 Å². The molecule has 2 saturated heterocycles. The molecule has 0 radical (unpaired) electrons. The molecule has 2 heteroatoms. The standard InChI is InChI=1S/C17H34N2/c1-7-18-13-10-14-8-9-15(11-13)19(14)17(5,6)12-16(2,3)4/h13-15,18H,7-12H2,1-6H3. The second-order valence-corrected chi connectivity index (χ2v) is 8.57. The first kappa shape index (κ1) is 15.3. The minimum Gasteiger partial charge on any atom is -0.314 e. The van der Waals surface area contributed by atoms with Gasteiger partial charge in [0.25, 0.3) is 0 Å². The number of hydrogen-bond acceptors (Lipinski definition) is 2. The van der Waals surface area contributed by atoms with Crippen LogP contribution in [0.25, 0.3) is 0 Å². The van der Waals surface area contributed by atoms with Crippen molar-refractivity contribution in [2.24, 2.45) is 5.41 Å². The molecule has 0 amide bonds. The molecular weight excluding hydrogens is 232 g/mol. The minimum atomic E-state index is 0.348. The summed E-state index contributed by atoms with van der Waals surface area (Å²) in [6.07, 6.45) is 6.84. The third-order valence-corrected chi connectivity index (χ3v) is 4.89. The van der Waals surface area contributed by atoms with E-state index >= 15 is 0 Å². The lowest BCUT2D eigenvalue weighted by Gasteiger charge is -2.50. The van der Waals surface area contributed by atoms with E-state index in [2.05, 4.69) is 51.8 Å². The predicted octanol–water partition coefficient (Wildman–Crippen LogP) is 3.81. The number of nitrogens with zero attached hydrogens (tertiary/aromatic N) is 1. The lowest BCUT2D eigenvalue weighted by Crippen LogP contribution is -2.58. The van der Waals surface area contributed by atoms with Gasteiger partial charge in [0.2, 0.25) is 0 Å². The predicted molar refractivity (Wildman–Crippen MR) is 83.5 cm³/mol. The van der Waals surface area contributed by atoms with Crippen molar-refractivity contribution in [3.8, 4) is 0 Å². The Bertz CT molecular complexity index is 289. The van der Waals surface area contributed by atoms with Gasteiger partial charge in [-0.1, -0.05) is 27.7 Å². The summed E-state index contributed by atoms with van der Waals surface area (Å²) in [5, 5.41) is 3.68. The van der Waals surface area contributed by atoms with Crippen molar-refractivity contribution in [1.29, 1.82) is 0 Å². The molecule has 2 aliphatic rings. The number of nitrogens with one attached hydrogen (secondary N) is 1. The zero-order valence-corrected chi connectivity index (χ0v) is 13.9. The van der Waals surface area contributed by atoms with Crippen LogP contribution in [-0.4, -0.2) is 35.1 Å². The summed E-state index contributed by atoms with van der Waals surface area (Å²) in [6, 6.07) is 2.41. The SMILES string of the molecule is CCNC1CC2CCC(C1)N2C(C)(C)CC(C)(C)C. The van der Waals surface area contributed by atoms with Crippen LogP contribution in [0.2, 0.25) is 0 Å². The second-order valence-electron chi connectivity index (χ2n) is 8.57. The van der Waals surface area contributed by atoms with Gasteiger partial charge in [0, 0.05) is 23.7 Å². The largest absolute Gasteiger partial charge is 0.314 e. The molecule has 2 heterocycles. The van der Waals surface area contributed by atoms with Gasteiger partial charge in [-0.05, 0) is 57.9 Å². The van der Waals surface area contributed by atoms with Crippen molar-refractivity contribution in [2.75, 3.05) is 6.54 Å². The molecule has 19 heavy (non-hydrogen) atoms. The number of rotatable bonds is 4. The maximum absolute atomic E-state index is 3.68. The van der Waals surface area contributed by atoms with Crippen LogP contribution in [0.3, 0.4) is 0 Å². The Morgan fingerprint density at radius 1 is 1.00 bits per heavy atom. The topological polar surface area (TPSA) is 15.3 Å². The van der Waals surface area contributed by atoms with Crippen molar-refractivity contribution < 1.29 is 0 Å². The highest BCUT2D eigenvalue weighted by Gasteiger charge is 2.47. The van der Waals surface area contributed by atoms with Gasteiger partial charge in [0.05, 0.1) is 0 Å². The molecule has 0 aromatic rings. The molecule has 2 atom stereocenters. The molecule has 1 N–H and O–H groups in total. The van der Waals surface area contributed by atoms with Crippen molar-refractivity contribution in [1.82, 2.24) is 10.2 Å². The Hall–Kier alpha value is -0.0800. The van der Waals surface area contributed by atoms with E-state index < -0.39 is 0 Å². The summed E-state index contributed by atoms with van der Waals surface area (Å²) in [5.74, 6) is 0. The van der Waals surface area contributed by atoms with Gasteiger partial charge in [-0.3, -0.25) is 4.90 Å². The van der Waals surface area contributed by atoms with Crippen LogP contribution in [0.4, 0.5) is 0 Å². The summed E-state index contributed by atoms with van der Waals surface area (Å²) in [4.78, 5) is 2.88. The molecule has 2 unspecified atom stereocenters. The first-order chi connectivity index (χ1) is 8.73. The number of piperidine rings is 1. The molecule has 2 aliphatic heterocycles. The van der Waals surface area contributed by atoms with Gasteiger partial charge in [-0.2, -0.15) is 0 Å². The van der Waals surface area contributed by atoms with Crippen molar-refractivity contribution in [2.45, 2.75) is 97.3 Å². The second kappa shape index (κ2) is 5.37. The zero-order valence-electron chi connectivity index (χ0n) is 13.9. The molecular formula is C17H34N2. The molecule has 112 valence electrons.